The number of carbonyl (C=O) groups is 1. The van der Waals surface area contributed by atoms with Gasteiger partial charge in [-0.25, -0.2) is 18.2 Å². The molecule has 1 atom stereocenters. The number of hydrogen-bond donors (Lipinski definition) is 2. The van der Waals surface area contributed by atoms with E-state index in [1.54, 1.807) is 0 Å². The number of alkyl halides is 2. The Labute approximate surface area is 170 Å². The number of aliphatic imine (C=N–C) groups is 1. The first-order chi connectivity index (χ1) is 14.2. The molecule has 2 aromatic rings. The molecule has 0 bridgehead atoms. The van der Waals surface area contributed by atoms with Crippen LogP contribution in [-0.2, 0) is 10.3 Å². The fourth-order valence-corrected chi connectivity index (χ4v) is 3.26. The Hall–Kier alpha value is -3.45. The molecule has 1 unspecified atom stereocenters. The highest BCUT2D eigenvalue weighted by Crippen LogP contribution is 2.46. The average Bonchev–Trinajstić information content (AvgIpc) is 2.84. The number of benzene rings is 1. The van der Waals surface area contributed by atoms with E-state index >= 15 is 0 Å². The minimum absolute atomic E-state index is 0.000501. The van der Waals surface area contributed by atoms with Crippen molar-refractivity contribution in [2.45, 2.75) is 24.8 Å². The molecule has 156 valence electrons. The van der Waals surface area contributed by atoms with Gasteiger partial charge in [-0.3, -0.25) is 9.79 Å². The summed E-state index contributed by atoms with van der Waals surface area (Å²) in [6.07, 6.45) is 0.968. The Morgan fingerprint density at radius 1 is 1.37 bits per heavy atom. The fraction of sp³-hybridized carbons (Fsp3) is 0.300. The van der Waals surface area contributed by atoms with Crippen molar-refractivity contribution in [2.24, 2.45) is 10.7 Å². The van der Waals surface area contributed by atoms with Crippen LogP contribution in [0.15, 0.2) is 41.5 Å². The normalized spacial score (nSPS) is 20.6. The van der Waals surface area contributed by atoms with Crippen molar-refractivity contribution in [1.29, 1.82) is 5.26 Å². The van der Waals surface area contributed by atoms with Gasteiger partial charge in [-0.2, -0.15) is 5.26 Å². The minimum atomic E-state index is -3.54. The second kappa shape index (κ2) is 8.12. The van der Waals surface area contributed by atoms with Gasteiger partial charge in [-0.15, -0.1) is 0 Å². The number of hydrogen-bond acceptors (Lipinski definition) is 6. The summed E-state index contributed by atoms with van der Waals surface area (Å²) in [7, 11) is 0. The Morgan fingerprint density at radius 3 is 2.77 bits per heavy atom. The highest BCUT2D eigenvalue weighted by molar-refractivity contribution is 6.02. The van der Waals surface area contributed by atoms with Crippen LogP contribution in [0.25, 0.3) is 0 Å². The molecular formula is C20H18F3N5O2. The molecule has 2 heterocycles. The topological polar surface area (TPSA) is 113 Å². The minimum Gasteiger partial charge on any atom is -0.385 e. The third-order valence-electron chi connectivity index (χ3n) is 4.78. The number of aromatic nitrogens is 1. The third-order valence-corrected chi connectivity index (χ3v) is 4.78. The van der Waals surface area contributed by atoms with Gasteiger partial charge >= 0.3 is 0 Å². The van der Waals surface area contributed by atoms with Gasteiger partial charge in [0.1, 0.15) is 36.6 Å². The van der Waals surface area contributed by atoms with E-state index in [2.05, 4.69) is 15.3 Å². The standard InChI is InChI=1S/C20H18F3N5O2/c1-2-19(20(22,23)11-30-10-17(25)28-19)14-7-13(4-5-15(14)21)27-18(29)16-6-3-12(8-24)9-26-16/h3-7,9H,2,10-11H2,1H3,(H2,25,28)(H,27,29). The van der Waals surface area contributed by atoms with Gasteiger partial charge in [-0.1, -0.05) is 6.92 Å². The molecule has 1 aromatic heterocycles. The maximum atomic E-state index is 15.0. The van der Waals surface area contributed by atoms with Crippen molar-refractivity contribution in [1.82, 2.24) is 4.98 Å². The van der Waals surface area contributed by atoms with Crippen molar-refractivity contribution < 1.29 is 22.7 Å². The smallest absolute Gasteiger partial charge is 0.299 e. The van der Waals surface area contributed by atoms with E-state index in [0.717, 1.165) is 12.1 Å². The van der Waals surface area contributed by atoms with E-state index < -0.39 is 35.4 Å². The molecule has 3 rings (SSSR count). The summed E-state index contributed by atoms with van der Waals surface area (Å²) in [5.41, 5.74) is 3.33. The first-order valence-corrected chi connectivity index (χ1v) is 8.99. The monoisotopic (exact) mass is 417 g/mol. The predicted octanol–water partition coefficient (Wildman–Crippen LogP) is 2.97. The molecule has 0 fully saturated rings. The number of nitriles is 1. The molecule has 10 heteroatoms. The van der Waals surface area contributed by atoms with Crippen LogP contribution in [0.2, 0.25) is 0 Å². The third kappa shape index (κ3) is 3.84. The Kier molecular flexibility index (Phi) is 5.75. The maximum Gasteiger partial charge on any atom is 0.299 e. The first-order valence-electron chi connectivity index (χ1n) is 8.99. The van der Waals surface area contributed by atoms with Crippen molar-refractivity contribution in [3.05, 3.63) is 59.2 Å². The van der Waals surface area contributed by atoms with E-state index in [9.17, 15) is 18.0 Å². The molecule has 0 aliphatic carbocycles. The molecular weight excluding hydrogens is 399 g/mol. The van der Waals surface area contributed by atoms with Gasteiger partial charge < -0.3 is 15.8 Å². The van der Waals surface area contributed by atoms with Crippen LogP contribution in [0.1, 0.15) is 35.0 Å². The van der Waals surface area contributed by atoms with E-state index in [1.165, 1.54) is 31.3 Å². The summed E-state index contributed by atoms with van der Waals surface area (Å²) in [6.45, 7) is 0.178. The van der Waals surface area contributed by atoms with Crippen LogP contribution >= 0.6 is 0 Å². The molecule has 1 aliphatic rings. The maximum absolute atomic E-state index is 15.0. The van der Waals surface area contributed by atoms with Crippen LogP contribution in [0.4, 0.5) is 18.9 Å². The summed E-state index contributed by atoms with van der Waals surface area (Å²) >= 11 is 0. The molecule has 7 nitrogen and oxygen atoms in total. The molecule has 1 amide bonds. The summed E-state index contributed by atoms with van der Waals surface area (Å²) in [6, 6.07) is 7.95. The molecule has 1 aliphatic heterocycles. The highest BCUT2D eigenvalue weighted by Gasteiger charge is 2.56. The number of ether oxygens (including phenoxy) is 1. The van der Waals surface area contributed by atoms with Crippen molar-refractivity contribution >= 4 is 17.4 Å². The summed E-state index contributed by atoms with van der Waals surface area (Å²) in [5.74, 6) is -5.28. The van der Waals surface area contributed by atoms with Gasteiger partial charge in [-0.05, 0) is 36.8 Å². The van der Waals surface area contributed by atoms with E-state index in [1.807, 2.05) is 6.07 Å². The van der Waals surface area contributed by atoms with Gasteiger partial charge in [0, 0.05) is 17.4 Å². The molecule has 0 spiro atoms. The molecule has 0 saturated carbocycles. The first kappa shape index (κ1) is 21.3. The lowest BCUT2D eigenvalue weighted by Crippen LogP contribution is -2.47. The molecule has 3 N–H and O–H groups in total. The Balaban J connectivity index is 2.00. The Morgan fingerprint density at radius 2 is 2.13 bits per heavy atom. The number of anilines is 1. The van der Waals surface area contributed by atoms with Crippen molar-refractivity contribution in [3.8, 4) is 6.07 Å². The lowest BCUT2D eigenvalue weighted by atomic mass is 9.81. The molecule has 0 saturated heterocycles. The number of nitrogens with zero attached hydrogens (tertiary/aromatic N) is 3. The zero-order valence-electron chi connectivity index (χ0n) is 16.0. The number of amides is 1. The van der Waals surface area contributed by atoms with E-state index in [-0.39, 0.29) is 35.8 Å². The summed E-state index contributed by atoms with van der Waals surface area (Å²) in [4.78, 5) is 20.2. The molecule has 1 aromatic carbocycles. The number of rotatable bonds is 4. The lowest BCUT2D eigenvalue weighted by Gasteiger charge is -2.36. The summed E-state index contributed by atoms with van der Waals surface area (Å²) in [5, 5.41) is 11.3. The van der Waals surface area contributed by atoms with E-state index in [0.29, 0.717) is 0 Å². The average molecular weight is 417 g/mol. The SMILES string of the molecule is CCC1(c2cc(NC(=O)c3ccc(C#N)cn3)ccc2F)N=C(N)COCC1(F)F. The largest absolute Gasteiger partial charge is 0.385 e. The molecule has 30 heavy (non-hydrogen) atoms. The number of nitrogens with two attached hydrogens (primary N) is 1. The predicted molar refractivity (Wildman–Crippen MR) is 103 cm³/mol. The highest BCUT2D eigenvalue weighted by atomic mass is 19.3. The van der Waals surface area contributed by atoms with Crippen LogP contribution in [0.3, 0.4) is 0 Å². The van der Waals surface area contributed by atoms with Crippen LogP contribution < -0.4 is 11.1 Å². The van der Waals surface area contributed by atoms with Crippen LogP contribution in [-0.4, -0.2) is 35.9 Å². The van der Waals surface area contributed by atoms with Crippen molar-refractivity contribution in [3.63, 3.8) is 0 Å². The second-order valence-electron chi connectivity index (χ2n) is 6.71. The van der Waals surface area contributed by atoms with Crippen LogP contribution in [0, 0.1) is 17.1 Å². The zero-order valence-corrected chi connectivity index (χ0v) is 16.0. The number of halogens is 3. The van der Waals surface area contributed by atoms with Gasteiger partial charge in [0.15, 0.2) is 5.54 Å². The van der Waals surface area contributed by atoms with Crippen molar-refractivity contribution in [2.75, 3.05) is 18.5 Å². The fourth-order valence-electron chi connectivity index (χ4n) is 3.26. The van der Waals surface area contributed by atoms with Crippen LogP contribution in [0.5, 0.6) is 0 Å². The lowest BCUT2D eigenvalue weighted by molar-refractivity contribution is -0.123. The van der Waals surface area contributed by atoms with Gasteiger partial charge in [0.05, 0.1) is 5.56 Å². The number of pyridine rings is 1. The van der Waals surface area contributed by atoms with Gasteiger partial charge in [0.2, 0.25) is 0 Å². The Bertz CT molecular complexity index is 1030. The number of carbonyl (C=O) groups excluding carboxylic acids is 1. The number of amidine groups is 1. The zero-order chi connectivity index (χ0) is 21.9. The number of nitrogens with one attached hydrogen (secondary N) is 1. The van der Waals surface area contributed by atoms with Gasteiger partial charge in [0.25, 0.3) is 11.8 Å². The summed E-state index contributed by atoms with van der Waals surface area (Å²) < 4.78 is 49.5. The van der Waals surface area contributed by atoms with E-state index in [4.69, 9.17) is 15.7 Å². The second-order valence-corrected chi connectivity index (χ2v) is 6.71. The molecule has 0 radical (unpaired) electrons. The quantitative estimate of drug-likeness (QED) is 0.794.